The summed E-state index contributed by atoms with van der Waals surface area (Å²) in [6.07, 6.45) is 1.13. The fraction of sp³-hybridized carbons (Fsp3) is 0.231. The molecule has 160 valence electrons. The Morgan fingerprint density at radius 2 is 1.26 bits per heavy atom. The second kappa shape index (κ2) is 11.7. The van der Waals surface area contributed by atoms with E-state index >= 15 is 0 Å². The Balaban J connectivity index is 1.76. The third-order valence-corrected chi connectivity index (χ3v) is 5.17. The molecule has 3 rings (SSSR count). The molecule has 5 heteroatoms. The van der Waals surface area contributed by atoms with Gasteiger partial charge in [-0.25, -0.2) is 0 Å². The van der Waals surface area contributed by atoms with E-state index in [4.69, 9.17) is 5.73 Å². The quantitative estimate of drug-likeness (QED) is 0.475. The zero-order valence-electron chi connectivity index (χ0n) is 17.5. The predicted molar refractivity (Wildman–Crippen MR) is 123 cm³/mol. The lowest BCUT2D eigenvalue weighted by molar-refractivity contribution is -0.129. The minimum absolute atomic E-state index is 0.200. The predicted octanol–water partition coefficient (Wildman–Crippen LogP) is 3.36. The van der Waals surface area contributed by atoms with Gasteiger partial charge in [-0.3, -0.25) is 9.59 Å². The summed E-state index contributed by atoms with van der Waals surface area (Å²) in [5.41, 5.74) is 8.44. The van der Waals surface area contributed by atoms with Crippen LogP contribution in [0, 0.1) is 0 Å². The van der Waals surface area contributed by atoms with Gasteiger partial charge in [-0.15, -0.1) is 0 Å². The van der Waals surface area contributed by atoms with Crippen LogP contribution in [0.4, 0.5) is 0 Å². The highest BCUT2D eigenvalue weighted by molar-refractivity contribution is 5.92. The molecule has 1 atom stereocenters. The van der Waals surface area contributed by atoms with Crippen molar-refractivity contribution in [1.82, 2.24) is 10.6 Å². The third-order valence-electron chi connectivity index (χ3n) is 5.17. The number of amides is 2. The van der Waals surface area contributed by atoms with E-state index in [1.807, 2.05) is 91.0 Å². The first-order valence-electron chi connectivity index (χ1n) is 10.6. The van der Waals surface area contributed by atoms with Crippen LogP contribution in [0.25, 0.3) is 0 Å². The number of carbonyl (C=O) groups is 2. The fourth-order valence-electron chi connectivity index (χ4n) is 3.54. The van der Waals surface area contributed by atoms with Crippen LogP contribution < -0.4 is 16.4 Å². The summed E-state index contributed by atoms with van der Waals surface area (Å²) < 4.78 is 0. The van der Waals surface area contributed by atoms with Gasteiger partial charge in [0.25, 0.3) is 0 Å². The van der Waals surface area contributed by atoms with Gasteiger partial charge in [0.15, 0.2) is 0 Å². The van der Waals surface area contributed by atoms with Gasteiger partial charge in [0.05, 0.1) is 5.92 Å². The molecule has 5 nitrogen and oxygen atoms in total. The SMILES string of the molecule is NCCC[C@@H](NC(=O)C(c1ccccc1)c1ccccc1)C(=O)NCc1ccccc1. The zero-order valence-corrected chi connectivity index (χ0v) is 17.5. The summed E-state index contributed by atoms with van der Waals surface area (Å²) in [4.78, 5) is 26.3. The molecule has 0 spiro atoms. The first kappa shape index (κ1) is 22.2. The summed E-state index contributed by atoms with van der Waals surface area (Å²) in [6, 6.07) is 28.3. The summed E-state index contributed by atoms with van der Waals surface area (Å²) in [6.45, 7) is 0.870. The van der Waals surface area contributed by atoms with Crippen molar-refractivity contribution in [2.24, 2.45) is 5.73 Å². The van der Waals surface area contributed by atoms with Crippen molar-refractivity contribution in [2.45, 2.75) is 31.3 Å². The highest BCUT2D eigenvalue weighted by atomic mass is 16.2. The van der Waals surface area contributed by atoms with E-state index in [1.165, 1.54) is 0 Å². The molecule has 0 aliphatic carbocycles. The maximum Gasteiger partial charge on any atom is 0.242 e. The highest BCUT2D eigenvalue weighted by Gasteiger charge is 2.27. The second-order valence-corrected chi connectivity index (χ2v) is 7.45. The molecule has 0 unspecified atom stereocenters. The lowest BCUT2D eigenvalue weighted by Crippen LogP contribution is -2.48. The molecule has 4 N–H and O–H groups in total. The van der Waals surface area contributed by atoms with Crippen molar-refractivity contribution < 1.29 is 9.59 Å². The van der Waals surface area contributed by atoms with E-state index in [2.05, 4.69) is 10.6 Å². The Morgan fingerprint density at radius 1 is 0.742 bits per heavy atom. The van der Waals surface area contributed by atoms with E-state index in [1.54, 1.807) is 0 Å². The van der Waals surface area contributed by atoms with Gasteiger partial charge in [0.1, 0.15) is 6.04 Å². The van der Waals surface area contributed by atoms with E-state index in [9.17, 15) is 9.59 Å². The van der Waals surface area contributed by atoms with Crippen LogP contribution in [-0.2, 0) is 16.1 Å². The summed E-state index contributed by atoms with van der Waals surface area (Å²) in [5, 5.41) is 5.92. The standard InChI is InChI=1S/C26H29N3O2/c27-18-10-17-23(25(30)28-19-20-11-4-1-5-12-20)29-26(31)24(21-13-6-2-7-14-21)22-15-8-3-9-16-22/h1-9,11-16,23-24H,10,17-19,27H2,(H,28,30)(H,29,31)/t23-/m1/s1. The smallest absolute Gasteiger partial charge is 0.242 e. The topological polar surface area (TPSA) is 84.2 Å². The molecule has 0 saturated heterocycles. The normalized spacial score (nSPS) is 11.7. The Bertz CT molecular complexity index is 907. The van der Waals surface area contributed by atoms with Crippen molar-refractivity contribution in [1.29, 1.82) is 0 Å². The molecule has 0 fully saturated rings. The number of rotatable bonds is 10. The van der Waals surface area contributed by atoms with E-state index in [0.717, 1.165) is 16.7 Å². The van der Waals surface area contributed by atoms with Crippen LogP contribution >= 0.6 is 0 Å². The first-order chi connectivity index (χ1) is 15.2. The Labute approximate surface area is 183 Å². The molecule has 0 radical (unpaired) electrons. The number of hydrogen-bond donors (Lipinski definition) is 3. The molecule has 3 aromatic rings. The van der Waals surface area contributed by atoms with Gasteiger partial charge in [0, 0.05) is 6.54 Å². The number of nitrogens with two attached hydrogens (primary N) is 1. The third kappa shape index (κ3) is 6.52. The van der Waals surface area contributed by atoms with Crippen LogP contribution in [0.5, 0.6) is 0 Å². The van der Waals surface area contributed by atoms with Crippen LogP contribution in [-0.4, -0.2) is 24.4 Å². The molecule has 0 bridgehead atoms. The molecule has 0 saturated carbocycles. The number of benzene rings is 3. The van der Waals surface area contributed by atoms with Crippen molar-refractivity contribution in [3.63, 3.8) is 0 Å². The zero-order chi connectivity index (χ0) is 21.9. The van der Waals surface area contributed by atoms with Gasteiger partial charge in [0.2, 0.25) is 11.8 Å². The molecular weight excluding hydrogens is 386 g/mol. The maximum absolute atomic E-state index is 13.4. The number of carbonyl (C=O) groups excluding carboxylic acids is 2. The molecule has 0 heterocycles. The summed E-state index contributed by atoms with van der Waals surface area (Å²) in [7, 11) is 0. The van der Waals surface area contributed by atoms with Crippen molar-refractivity contribution >= 4 is 11.8 Å². The van der Waals surface area contributed by atoms with Crippen molar-refractivity contribution in [3.8, 4) is 0 Å². The first-order valence-corrected chi connectivity index (χ1v) is 10.6. The van der Waals surface area contributed by atoms with E-state index in [0.29, 0.717) is 25.9 Å². The molecule has 0 aliphatic rings. The molecular formula is C26H29N3O2. The number of hydrogen-bond acceptors (Lipinski definition) is 3. The summed E-state index contributed by atoms with van der Waals surface area (Å²) in [5.74, 6) is -0.899. The fourth-order valence-corrected chi connectivity index (χ4v) is 3.54. The van der Waals surface area contributed by atoms with Gasteiger partial charge in [-0.05, 0) is 36.1 Å². The van der Waals surface area contributed by atoms with Crippen LogP contribution in [0.3, 0.4) is 0 Å². The molecule has 2 amide bonds. The lowest BCUT2D eigenvalue weighted by atomic mass is 9.90. The summed E-state index contributed by atoms with van der Waals surface area (Å²) >= 11 is 0. The molecule has 0 aliphatic heterocycles. The minimum atomic E-state index is -0.644. The Kier molecular flexibility index (Phi) is 8.38. The second-order valence-electron chi connectivity index (χ2n) is 7.45. The maximum atomic E-state index is 13.4. The van der Waals surface area contributed by atoms with Gasteiger partial charge >= 0.3 is 0 Å². The minimum Gasteiger partial charge on any atom is -0.350 e. The Hall–Kier alpha value is -3.44. The highest BCUT2D eigenvalue weighted by Crippen LogP contribution is 2.25. The van der Waals surface area contributed by atoms with Gasteiger partial charge in [-0.2, -0.15) is 0 Å². The van der Waals surface area contributed by atoms with Crippen LogP contribution in [0.15, 0.2) is 91.0 Å². The van der Waals surface area contributed by atoms with Crippen molar-refractivity contribution in [2.75, 3.05) is 6.54 Å². The monoisotopic (exact) mass is 415 g/mol. The van der Waals surface area contributed by atoms with Crippen LogP contribution in [0.2, 0.25) is 0 Å². The molecule has 3 aromatic carbocycles. The average molecular weight is 416 g/mol. The lowest BCUT2D eigenvalue weighted by Gasteiger charge is -2.23. The average Bonchev–Trinajstić information content (AvgIpc) is 2.82. The number of nitrogens with one attached hydrogen (secondary N) is 2. The van der Waals surface area contributed by atoms with Gasteiger partial charge < -0.3 is 16.4 Å². The van der Waals surface area contributed by atoms with E-state index < -0.39 is 12.0 Å². The molecule has 31 heavy (non-hydrogen) atoms. The van der Waals surface area contributed by atoms with E-state index in [-0.39, 0.29) is 11.8 Å². The largest absolute Gasteiger partial charge is 0.350 e. The van der Waals surface area contributed by atoms with Crippen molar-refractivity contribution in [3.05, 3.63) is 108 Å². The molecule has 0 aromatic heterocycles. The Morgan fingerprint density at radius 3 is 1.77 bits per heavy atom. The van der Waals surface area contributed by atoms with Gasteiger partial charge in [-0.1, -0.05) is 91.0 Å². The van der Waals surface area contributed by atoms with Crippen LogP contribution in [0.1, 0.15) is 35.4 Å².